The van der Waals surface area contributed by atoms with Crippen LogP contribution in [0.5, 0.6) is 0 Å². The Bertz CT molecular complexity index is 1670. The molecule has 1 fully saturated rings. The Morgan fingerprint density at radius 3 is 2.32 bits per heavy atom. The zero-order valence-electron chi connectivity index (χ0n) is 20.9. The number of aliphatic carboxylic acids is 1. The first kappa shape index (κ1) is 29.1. The number of carbonyl (C=O) groups is 2. The summed E-state index contributed by atoms with van der Waals surface area (Å²) in [7, 11) is 0. The number of benzene rings is 1. The summed E-state index contributed by atoms with van der Waals surface area (Å²) in [6.07, 6.45) is -5.39. The summed E-state index contributed by atoms with van der Waals surface area (Å²) in [5, 5.41) is 19.5. The number of pyridine rings is 2. The third kappa shape index (κ3) is 6.64. The van der Waals surface area contributed by atoms with E-state index in [1.54, 1.807) is 13.0 Å². The Kier molecular flexibility index (Phi) is 7.76. The number of nitrogens with zero attached hydrogens (tertiary/aromatic N) is 2. The summed E-state index contributed by atoms with van der Waals surface area (Å²) in [5.41, 5.74) is -0.0964. The number of carboxylic acid groups (broad SMARTS) is 1. The first-order chi connectivity index (χ1) is 19.2. The van der Waals surface area contributed by atoms with E-state index in [0.29, 0.717) is 5.69 Å². The summed E-state index contributed by atoms with van der Waals surface area (Å²) in [4.78, 5) is 40.7. The number of aromatic nitrogens is 4. The van der Waals surface area contributed by atoms with Crippen molar-refractivity contribution >= 4 is 40.0 Å². The van der Waals surface area contributed by atoms with Crippen molar-refractivity contribution in [3.63, 3.8) is 0 Å². The number of carbonyl (C=O) groups excluding carboxylic acids is 1. The topological polar surface area (TPSA) is 153 Å². The van der Waals surface area contributed by atoms with Crippen LogP contribution < -0.4 is 16.2 Å². The number of fused-ring (bicyclic) bond motifs is 1. The molecule has 0 unspecified atom stereocenters. The Labute approximate surface area is 225 Å². The molecule has 1 aromatic carbocycles. The molecule has 5 N–H and O–H groups in total. The SMILES string of the molecule is Cc1[nH]ncc1-c1c(Nc2cc(NC(=O)C3CC3)nc3cc[nH]c(=O)c23)cccc1C(F)(F)F.O=C(O)C(F)(F)F. The minimum Gasteiger partial charge on any atom is -0.475 e. The molecule has 0 saturated heterocycles. The lowest BCUT2D eigenvalue weighted by atomic mass is 9.97. The smallest absolute Gasteiger partial charge is 0.475 e. The van der Waals surface area contributed by atoms with Gasteiger partial charge in [0.25, 0.3) is 5.56 Å². The van der Waals surface area contributed by atoms with Gasteiger partial charge in [0.1, 0.15) is 5.82 Å². The monoisotopic (exact) mass is 582 g/mol. The van der Waals surface area contributed by atoms with E-state index in [1.165, 1.54) is 30.6 Å². The van der Waals surface area contributed by atoms with Crippen molar-refractivity contribution in [1.29, 1.82) is 0 Å². The summed E-state index contributed by atoms with van der Waals surface area (Å²) in [5.74, 6) is -2.82. The van der Waals surface area contributed by atoms with Crippen molar-refractivity contribution in [3.05, 3.63) is 64.3 Å². The standard InChI is InChI=1S/C23H19F3N6O2.C2HF3O2/c1-11-13(10-28-32-11)19-14(23(24,25)26)3-2-4-15(19)29-17-9-18(31-21(33)12-5-6-12)30-16-7-8-27-22(34)20(16)17;3-2(4,5)1(6)7/h2-4,7-10,12H,5-6H2,1H3,(H,27,34)(H,28,32)(H2,29,30,31,33);(H,6,7). The lowest BCUT2D eigenvalue weighted by Crippen LogP contribution is -2.21. The Morgan fingerprint density at radius 1 is 1.07 bits per heavy atom. The van der Waals surface area contributed by atoms with Gasteiger partial charge in [-0.25, -0.2) is 9.78 Å². The number of aryl methyl sites for hydroxylation is 1. The first-order valence-electron chi connectivity index (χ1n) is 11.8. The molecular formula is C25H20F6N6O4. The average molecular weight is 582 g/mol. The normalized spacial score (nSPS) is 13.3. The molecule has 0 radical (unpaired) electrons. The fourth-order valence-electron chi connectivity index (χ4n) is 3.86. The van der Waals surface area contributed by atoms with Gasteiger partial charge in [0.15, 0.2) is 0 Å². The molecule has 1 amide bonds. The number of anilines is 3. The van der Waals surface area contributed by atoms with Crippen molar-refractivity contribution in [2.45, 2.75) is 32.1 Å². The molecule has 16 heteroatoms. The Morgan fingerprint density at radius 2 is 1.76 bits per heavy atom. The zero-order chi connectivity index (χ0) is 30.1. The molecule has 1 aliphatic rings. The van der Waals surface area contributed by atoms with Crippen molar-refractivity contribution in [3.8, 4) is 11.1 Å². The lowest BCUT2D eigenvalue weighted by molar-refractivity contribution is -0.192. The van der Waals surface area contributed by atoms with E-state index in [4.69, 9.17) is 9.90 Å². The quantitative estimate of drug-likeness (QED) is 0.199. The summed E-state index contributed by atoms with van der Waals surface area (Å²) in [6.45, 7) is 1.62. The predicted molar refractivity (Wildman–Crippen MR) is 134 cm³/mol. The minimum absolute atomic E-state index is 0.0766. The van der Waals surface area contributed by atoms with Gasteiger partial charge in [-0.2, -0.15) is 31.4 Å². The van der Waals surface area contributed by atoms with Crippen LogP contribution in [0, 0.1) is 12.8 Å². The third-order valence-corrected chi connectivity index (χ3v) is 5.91. The van der Waals surface area contributed by atoms with Gasteiger partial charge >= 0.3 is 18.3 Å². The molecule has 41 heavy (non-hydrogen) atoms. The maximum absolute atomic E-state index is 13.9. The van der Waals surface area contributed by atoms with Crippen LogP contribution in [0.25, 0.3) is 22.0 Å². The maximum atomic E-state index is 13.9. The molecule has 10 nitrogen and oxygen atoms in total. The van der Waals surface area contributed by atoms with E-state index >= 15 is 0 Å². The molecular weight excluding hydrogens is 562 g/mol. The van der Waals surface area contributed by atoms with Crippen molar-refractivity contribution in [2.75, 3.05) is 10.6 Å². The highest BCUT2D eigenvalue weighted by Gasteiger charge is 2.38. The van der Waals surface area contributed by atoms with Crippen molar-refractivity contribution < 1.29 is 41.0 Å². The van der Waals surface area contributed by atoms with Crippen LogP contribution in [0.2, 0.25) is 0 Å². The van der Waals surface area contributed by atoms with Crippen LogP contribution in [-0.4, -0.2) is 43.3 Å². The number of carboxylic acids is 1. The average Bonchev–Trinajstić information content (AvgIpc) is 3.64. The fourth-order valence-corrected chi connectivity index (χ4v) is 3.86. The van der Waals surface area contributed by atoms with Crippen LogP contribution in [-0.2, 0) is 15.8 Å². The third-order valence-electron chi connectivity index (χ3n) is 5.91. The van der Waals surface area contributed by atoms with E-state index in [2.05, 4.69) is 30.8 Å². The number of nitrogens with one attached hydrogen (secondary N) is 4. The number of hydrogen-bond donors (Lipinski definition) is 5. The van der Waals surface area contributed by atoms with Crippen molar-refractivity contribution in [1.82, 2.24) is 20.2 Å². The zero-order valence-corrected chi connectivity index (χ0v) is 20.9. The molecule has 216 valence electrons. The number of H-pyrrole nitrogens is 2. The molecule has 1 saturated carbocycles. The highest BCUT2D eigenvalue weighted by atomic mass is 19.4. The first-order valence-corrected chi connectivity index (χ1v) is 11.8. The van der Waals surface area contributed by atoms with Crippen LogP contribution in [0.3, 0.4) is 0 Å². The van der Waals surface area contributed by atoms with Gasteiger partial charge in [-0.3, -0.25) is 14.7 Å². The summed E-state index contributed by atoms with van der Waals surface area (Å²) < 4.78 is 73.5. The summed E-state index contributed by atoms with van der Waals surface area (Å²) in [6, 6.07) is 6.77. The van der Waals surface area contributed by atoms with E-state index < -0.39 is 29.4 Å². The molecule has 5 rings (SSSR count). The Hall–Kier alpha value is -4.89. The van der Waals surface area contributed by atoms with Crippen LogP contribution >= 0.6 is 0 Å². The van der Waals surface area contributed by atoms with Crippen LogP contribution in [0.15, 0.2) is 47.5 Å². The van der Waals surface area contributed by atoms with Gasteiger partial charge in [0.05, 0.1) is 28.4 Å². The number of hydrogen-bond acceptors (Lipinski definition) is 6. The molecule has 3 heterocycles. The van der Waals surface area contributed by atoms with Crippen molar-refractivity contribution in [2.24, 2.45) is 5.92 Å². The van der Waals surface area contributed by atoms with E-state index in [9.17, 15) is 35.9 Å². The number of halogens is 6. The van der Waals surface area contributed by atoms with Crippen LogP contribution in [0.1, 0.15) is 24.1 Å². The van der Waals surface area contributed by atoms with Gasteiger partial charge in [0, 0.05) is 40.7 Å². The minimum atomic E-state index is -5.08. The number of alkyl halides is 6. The van der Waals surface area contributed by atoms with Gasteiger partial charge in [-0.15, -0.1) is 0 Å². The lowest BCUT2D eigenvalue weighted by Gasteiger charge is -2.19. The van der Waals surface area contributed by atoms with E-state index in [0.717, 1.165) is 18.9 Å². The highest BCUT2D eigenvalue weighted by Crippen LogP contribution is 2.43. The second-order valence-corrected chi connectivity index (χ2v) is 8.95. The largest absolute Gasteiger partial charge is 0.490 e. The number of rotatable bonds is 5. The second-order valence-electron chi connectivity index (χ2n) is 8.95. The van der Waals surface area contributed by atoms with Gasteiger partial charge < -0.3 is 20.7 Å². The van der Waals surface area contributed by atoms with E-state index in [1.807, 2.05) is 0 Å². The molecule has 0 atom stereocenters. The highest BCUT2D eigenvalue weighted by molar-refractivity contribution is 5.99. The molecule has 1 aliphatic carbocycles. The molecule has 0 bridgehead atoms. The number of amides is 1. The van der Waals surface area contributed by atoms with Crippen LogP contribution in [0.4, 0.5) is 43.5 Å². The Balaban J connectivity index is 0.000000493. The predicted octanol–water partition coefficient (Wildman–Crippen LogP) is 5.37. The van der Waals surface area contributed by atoms with Gasteiger partial charge in [-0.1, -0.05) is 6.07 Å². The summed E-state index contributed by atoms with van der Waals surface area (Å²) >= 11 is 0. The molecule has 0 spiro atoms. The van der Waals surface area contributed by atoms with Gasteiger partial charge in [-0.05, 0) is 38.0 Å². The maximum Gasteiger partial charge on any atom is 0.490 e. The number of aromatic amines is 2. The van der Waals surface area contributed by atoms with Gasteiger partial charge in [0.2, 0.25) is 5.91 Å². The second kappa shape index (κ2) is 10.9. The fraction of sp³-hybridized carbons (Fsp3) is 0.240. The molecule has 4 aromatic rings. The molecule has 0 aliphatic heterocycles. The molecule has 3 aromatic heterocycles. The van der Waals surface area contributed by atoms with E-state index in [-0.39, 0.29) is 51.0 Å².